The third kappa shape index (κ3) is 5.09. The third-order valence-electron chi connectivity index (χ3n) is 2.08. The van der Waals surface area contributed by atoms with Crippen LogP contribution in [0.5, 0.6) is 11.5 Å². The molecular formula is C14H22O3. The molecule has 0 radical (unpaired) electrons. The molecule has 0 aliphatic carbocycles. The molecule has 0 aromatic heterocycles. The molecule has 0 heterocycles. The predicted molar refractivity (Wildman–Crippen MR) is 68.5 cm³/mol. The van der Waals surface area contributed by atoms with Gasteiger partial charge in [0.15, 0.2) is 0 Å². The van der Waals surface area contributed by atoms with Crippen molar-refractivity contribution in [2.24, 2.45) is 5.92 Å². The van der Waals surface area contributed by atoms with Crippen LogP contribution < -0.4 is 9.47 Å². The van der Waals surface area contributed by atoms with Crippen molar-refractivity contribution in [2.45, 2.75) is 40.4 Å². The lowest BCUT2D eigenvalue weighted by Gasteiger charge is -2.14. The van der Waals surface area contributed by atoms with Crippen molar-refractivity contribution in [2.75, 3.05) is 6.61 Å². The fourth-order valence-corrected chi connectivity index (χ4v) is 1.41. The van der Waals surface area contributed by atoms with Gasteiger partial charge < -0.3 is 14.6 Å². The molecule has 0 spiro atoms. The topological polar surface area (TPSA) is 38.7 Å². The maximum Gasteiger partial charge on any atom is 0.123 e. The quantitative estimate of drug-likeness (QED) is 0.828. The van der Waals surface area contributed by atoms with Crippen molar-refractivity contribution in [1.82, 2.24) is 0 Å². The second-order valence-electron chi connectivity index (χ2n) is 4.84. The van der Waals surface area contributed by atoms with E-state index in [0.29, 0.717) is 12.5 Å². The molecule has 0 saturated carbocycles. The Balaban J connectivity index is 2.81. The number of hydrogen-bond donors (Lipinski definition) is 1. The number of aliphatic hydroxyl groups excluding tert-OH is 1. The van der Waals surface area contributed by atoms with Gasteiger partial charge in [0.05, 0.1) is 19.3 Å². The summed E-state index contributed by atoms with van der Waals surface area (Å²) in [6.45, 7) is 8.80. The number of ether oxygens (including phenoxy) is 2. The second-order valence-corrected chi connectivity index (χ2v) is 4.84. The Hall–Kier alpha value is -1.22. The van der Waals surface area contributed by atoms with Crippen LogP contribution in [0.1, 0.15) is 33.3 Å². The molecule has 96 valence electrons. The average molecular weight is 238 g/mol. The first kappa shape index (κ1) is 13.8. The molecule has 1 aromatic rings. The van der Waals surface area contributed by atoms with E-state index in [9.17, 15) is 5.11 Å². The van der Waals surface area contributed by atoms with Gasteiger partial charge in [0.2, 0.25) is 0 Å². The second kappa shape index (κ2) is 6.50. The van der Waals surface area contributed by atoms with E-state index in [1.165, 1.54) is 0 Å². The number of hydrogen-bond acceptors (Lipinski definition) is 3. The summed E-state index contributed by atoms with van der Waals surface area (Å²) in [6.07, 6.45) is 0.113. The van der Waals surface area contributed by atoms with Crippen molar-refractivity contribution in [3.05, 3.63) is 23.8 Å². The largest absolute Gasteiger partial charge is 0.493 e. The molecule has 0 fully saturated rings. The maximum absolute atomic E-state index is 9.19. The Bertz CT molecular complexity index is 345. The number of benzene rings is 1. The van der Waals surface area contributed by atoms with Crippen LogP contribution in [-0.4, -0.2) is 17.8 Å². The van der Waals surface area contributed by atoms with E-state index in [1.807, 2.05) is 32.0 Å². The summed E-state index contributed by atoms with van der Waals surface area (Å²) in [6, 6.07) is 5.54. The Kier molecular flexibility index (Phi) is 5.29. The highest BCUT2D eigenvalue weighted by molar-refractivity contribution is 5.38. The molecule has 0 atom stereocenters. The molecule has 17 heavy (non-hydrogen) atoms. The SMILES string of the molecule is CC(C)COc1cc(CO)cc(OC(C)C)c1. The minimum atomic E-state index is -0.00661. The molecule has 0 unspecified atom stereocenters. The monoisotopic (exact) mass is 238 g/mol. The van der Waals surface area contributed by atoms with Gasteiger partial charge in [-0.3, -0.25) is 0 Å². The molecule has 1 aromatic carbocycles. The van der Waals surface area contributed by atoms with Crippen molar-refractivity contribution in [1.29, 1.82) is 0 Å². The molecule has 0 aliphatic rings. The van der Waals surface area contributed by atoms with Gasteiger partial charge >= 0.3 is 0 Å². The highest BCUT2D eigenvalue weighted by Gasteiger charge is 2.05. The average Bonchev–Trinajstić information content (AvgIpc) is 2.25. The van der Waals surface area contributed by atoms with E-state index in [4.69, 9.17) is 9.47 Å². The third-order valence-corrected chi connectivity index (χ3v) is 2.08. The van der Waals surface area contributed by atoms with Gasteiger partial charge in [-0.2, -0.15) is 0 Å². The van der Waals surface area contributed by atoms with Crippen molar-refractivity contribution < 1.29 is 14.6 Å². The van der Waals surface area contributed by atoms with E-state index >= 15 is 0 Å². The van der Waals surface area contributed by atoms with Gasteiger partial charge in [-0.05, 0) is 37.5 Å². The fourth-order valence-electron chi connectivity index (χ4n) is 1.41. The summed E-state index contributed by atoms with van der Waals surface area (Å²) in [5, 5.41) is 9.19. The van der Waals surface area contributed by atoms with Crippen LogP contribution in [0.25, 0.3) is 0 Å². The fraction of sp³-hybridized carbons (Fsp3) is 0.571. The lowest BCUT2D eigenvalue weighted by molar-refractivity contribution is 0.234. The van der Waals surface area contributed by atoms with Crippen LogP contribution in [0.2, 0.25) is 0 Å². The van der Waals surface area contributed by atoms with Crippen LogP contribution in [0.3, 0.4) is 0 Å². The maximum atomic E-state index is 9.19. The molecule has 0 saturated heterocycles. The first-order valence-corrected chi connectivity index (χ1v) is 6.05. The highest BCUT2D eigenvalue weighted by Crippen LogP contribution is 2.24. The van der Waals surface area contributed by atoms with Gasteiger partial charge in [-0.1, -0.05) is 13.8 Å². The summed E-state index contributed by atoms with van der Waals surface area (Å²) in [5.41, 5.74) is 0.807. The molecule has 1 rings (SSSR count). The molecule has 0 bridgehead atoms. The van der Waals surface area contributed by atoms with E-state index in [1.54, 1.807) is 0 Å². The van der Waals surface area contributed by atoms with Gasteiger partial charge in [0, 0.05) is 6.07 Å². The zero-order valence-electron chi connectivity index (χ0n) is 11.1. The van der Waals surface area contributed by atoms with Gasteiger partial charge in [0.25, 0.3) is 0 Å². The summed E-state index contributed by atoms with van der Waals surface area (Å²) >= 11 is 0. The Labute approximate surface area is 103 Å². The van der Waals surface area contributed by atoms with Crippen LogP contribution in [0.4, 0.5) is 0 Å². The summed E-state index contributed by atoms with van der Waals surface area (Å²) in [5.74, 6) is 1.97. The first-order chi connectivity index (χ1) is 8.01. The van der Waals surface area contributed by atoms with E-state index in [2.05, 4.69) is 13.8 Å². The Morgan fingerprint density at radius 1 is 1.06 bits per heavy atom. The minimum Gasteiger partial charge on any atom is -0.493 e. The molecule has 3 heteroatoms. The number of aliphatic hydroxyl groups is 1. The molecule has 0 aliphatic heterocycles. The zero-order chi connectivity index (χ0) is 12.8. The normalized spacial score (nSPS) is 11.0. The summed E-state index contributed by atoms with van der Waals surface area (Å²) < 4.78 is 11.3. The van der Waals surface area contributed by atoms with E-state index in [0.717, 1.165) is 17.1 Å². The minimum absolute atomic E-state index is 0.00661. The van der Waals surface area contributed by atoms with Crippen molar-refractivity contribution in [3.63, 3.8) is 0 Å². The lowest BCUT2D eigenvalue weighted by Crippen LogP contribution is -2.08. The lowest BCUT2D eigenvalue weighted by atomic mass is 10.2. The molecular weight excluding hydrogens is 216 g/mol. The first-order valence-electron chi connectivity index (χ1n) is 6.05. The van der Waals surface area contributed by atoms with Crippen LogP contribution >= 0.6 is 0 Å². The van der Waals surface area contributed by atoms with Crippen LogP contribution in [0, 0.1) is 5.92 Å². The standard InChI is InChI=1S/C14H22O3/c1-10(2)9-16-13-5-12(8-15)6-14(7-13)17-11(3)4/h5-7,10-11,15H,8-9H2,1-4H3. The highest BCUT2D eigenvalue weighted by atomic mass is 16.5. The summed E-state index contributed by atoms with van der Waals surface area (Å²) in [4.78, 5) is 0. The Morgan fingerprint density at radius 2 is 1.71 bits per heavy atom. The summed E-state index contributed by atoms with van der Waals surface area (Å²) in [7, 11) is 0. The molecule has 0 amide bonds. The van der Waals surface area contributed by atoms with Crippen molar-refractivity contribution >= 4 is 0 Å². The van der Waals surface area contributed by atoms with Crippen LogP contribution in [-0.2, 0) is 6.61 Å². The van der Waals surface area contributed by atoms with E-state index in [-0.39, 0.29) is 12.7 Å². The smallest absolute Gasteiger partial charge is 0.123 e. The predicted octanol–water partition coefficient (Wildman–Crippen LogP) is 3.00. The van der Waals surface area contributed by atoms with E-state index < -0.39 is 0 Å². The van der Waals surface area contributed by atoms with Crippen molar-refractivity contribution in [3.8, 4) is 11.5 Å². The van der Waals surface area contributed by atoms with Gasteiger partial charge in [-0.15, -0.1) is 0 Å². The zero-order valence-corrected chi connectivity index (χ0v) is 11.1. The molecule has 1 N–H and O–H groups in total. The Morgan fingerprint density at radius 3 is 2.24 bits per heavy atom. The van der Waals surface area contributed by atoms with Gasteiger partial charge in [-0.25, -0.2) is 0 Å². The van der Waals surface area contributed by atoms with Crippen LogP contribution in [0.15, 0.2) is 18.2 Å². The van der Waals surface area contributed by atoms with Gasteiger partial charge in [0.1, 0.15) is 11.5 Å². The number of rotatable bonds is 6. The molecule has 3 nitrogen and oxygen atoms in total.